The molecule has 3 aromatic rings. The molecule has 0 radical (unpaired) electrons. The molecule has 3 aromatic carbocycles. The number of amides is 2. The molecular formula is C20H16FN3O4. The summed E-state index contributed by atoms with van der Waals surface area (Å²) in [6.07, 6.45) is -0.101. The fourth-order valence-corrected chi connectivity index (χ4v) is 2.86. The minimum atomic E-state index is -1.11. The molecule has 0 aliphatic rings. The van der Waals surface area contributed by atoms with E-state index in [4.69, 9.17) is 5.73 Å². The van der Waals surface area contributed by atoms with Gasteiger partial charge in [-0.2, -0.15) is 4.39 Å². The first-order valence-corrected chi connectivity index (χ1v) is 8.37. The first kappa shape index (κ1) is 19.0. The van der Waals surface area contributed by atoms with Gasteiger partial charge in [0.05, 0.1) is 4.92 Å². The van der Waals surface area contributed by atoms with E-state index in [0.29, 0.717) is 11.1 Å². The Morgan fingerprint density at radius 1 is 1.07 bits per heavy atom. The van der Waals surface area contributed by atoms with Gasteiger partial charge in [0.2, 0.25) is 11.7 Å². The van der Waals surface area contributed by atoms with Crippen LogP contribution in [-0.4, -0.2) is 22.8 Å². The van der Waals surface area contributed by atoms with E-state index in [0.717, 1.165) is 22.9 Å². The molecule has 8 heteroatoms. The largest absolute Gasteiger partial charge is 0.368 e. The highest BCUT2D eigenvalue weighted by atomic mass is 19.1. The highest BCUT2D eigenvalue weighted by Gasteiger charge is 2.22. The van der Waals surface area contributed by atoms with Gasteiger partial charge in [0, 0.05) is 18.1 Å². The zero-order chi connectivity index (χ0) is 20.3. The summed E-state index contributed by atoms with van der Waals surface area (Å²) >= 11 is 0. The summed E-state index contributed by atoms with van der Waals surface area (Å²) < 4.78 is 13.5. The average Bonchev–Trinajstić information content (AvgIpc) is 2.68. The minimum Gasteiger partial charge on any atom is -0.368 e. The number of carbonyl (C=O) groups excluding carboxylic acids is 2. The molecule has 0 aromatic heterocycles. The maximum Gasteiger partial charge on any atom is 0.305 e. The van der Waals surface area contributed by atoms with E-state index in [1.54, 1.807) is 18.2 Å². The van der Waals surface area contributed by atoms with Crippen LogP contribution in [0.25, 0.3) is 10.8 Å². The fourth-order valence-electron chi connectivity index (χ4n) is 2.86. The van der Waals surface area contributed by atoms with Crippen molar-refractivity contribution in [3.05, 3.63) is 87.7 Å². The number of nitrogens with one attached hydrogen (secondary N) is 1. The summed E-state index contributed by atoms with van der Waals surface area (Å²) in [5, 5.41) is 15.2. The van der Waals surface area contributed by atoms with Gasteiger partial charge in [0.25, 0.3) is 5.91 Å². The van der Waals surface area contributed by atoms with E-state index in [9.17, 15) is 24.1 Å². The third kappa shape index (κ3) is 4.12. The lowest BCUT2D eigenvalue weighted by Gasteiger charge is -2.16. The number of hydrogen-bond acceptors (Lipinski definition) is 4. The first-order valence-electron chi connectivity index (χ1n) is 8.37. The van der Waals surface area contributed by atoms with Crippen LogP contribution in [0.2, 0.25) is 0 Å². The Labute approximate surface area is 159 Å². The van der Waals surface area contributed by atoms with Gasteiger partial charge in [-0.25, -0.2) is 0 Å². The second-order valence-electron chi connectivity index (χ2n) is 6.24. The number of primary amides is 1. The predicted octanol–water partition coefficient (Wildman–Crippen LogP) is 2.71. The van der Waals surface area contributed by atoms with Crippen molar-refractivity contribution in [1.82, 2.24) is 5.32 Å². The maximum absolute atomic E-state index is 13.5. The van der Waals surface area contributed by atoms with Crippen molar-refractivity contribution in [2.45, 2.75) is 12.5 Å². The zero-order valence-corrected chi connectivity index (χ0v) is 14.6. The molecule has 1 atom stereocenters. The van der Waals surface area contributed by atoms with Crippen molar-refractivity contribution in [3.63, 3.8) is 0 Å². The van der Waals surface area contributed by atoms with Crippen LogP contribution in [0.3, 0.4) is 0 Å². The monoisotopic (exact) mass is 381 g/mol. The summed E-state index contributed by atoms with van der Waals surface area (Å²) in [5.74, 6) is -2.29. The number of nitro benzene ring substituents is 1. The quantitative estimate of drug-likeness (QED) is 0.504. The number of benzene rings is 3. The van der Waals surface area contributed by atoms with Gasteiger partial charge in [-0.15, -0.1) is 0 Å². The van der Waals surface area contributed by atoms with Crippen LogP contribution in [0.4, 0.5) is 10.1 Å². The highest BCUT2D eigenvalue weighted by molar-refractivity contribution is 6.00. The Morgan fingerprint density at radius 2 is 1.79 bits per heavy atom. The second-order valence-corrected chi connectivity index (χ2v) is 6.24. The van der Waals surface area contributed by atoms with Gasteiger partial charge in [-0.3, -0.25) is 19.7 Å². The molecule has 0 heterocycles. The third-order valence-electron chi connectivity index (χ3n) is 4.31. The molecule has 7 nitrogen and oxygen atoms in total. The number of carbonyl (C=O) groups is 2. The molecule has 0 fully saturated rings. The summed E-state index contributed by atoms with van der Waals surface area (Å²) in [6, 6.07) is 14.7. The lowest BCUT2D eigenvalue weighted by molar-refractivity contribution is -0.387. The molecular weight excluding hydrogens is 365 g/mol. The molecule has 2 amide bonds. The van der Waals surface area contributed by atoms with E-state index >= 15 is 0 Å². The van der Waals surface area contributed by atoms with Crippen LogP contribution in [0, 0.1) is 15.9 Å². The molecule has 0 saturated carbocycles. The number of rotatable bonds is 6. The molecule has 3 N–H and O–H groups in total. The van der Waals surface area contributed by atoms with Crippen LogP contribution < -0.4 is 11.1 Å². The molecule has 142 valence electrons. The molecule has 0 saturated heterocycles. The Hall–Kier alpha value is -3.81. The number of nitrogens with zero attached hydrogens (tertiary/aromatic N) is 1. The number of halogens is 1. The SMILES string of the molecule is NC(=O)[C@H](Cc1ccc(F)c([N+](=O)[O-])c1)NC(=O)c1ccc2ccccc2c1. The van der Waals surface area contributed by atoms with Crippen LogP contribution in [0.5, 0.6) is 0 Å². The molecule has 3 rings (SSSR count). The number of nitro groups is 1. The fraction of sp³-hybridized carbons (Fsp3) is 0.100. The van der Waals surface area contributed by atoms with Crippen LogP contribution in [-0.2, 0) is 11.2 Å². The summed E-state index contributed by atoms with van der Waals surface area (Å²) in [7, 11) is 0. The van der Waals surface area contributed by atoms with Crippen molar-refractivity contribution in [2.75, 3.05) is 0 Å². The zero-order valence-electron chi connectivity index (χ0n) is 14.6. The van der Waals surface area contributed by atoms with E-state index < -0.39 is 34.3 Å². The highest BCUT2D eigenvalue weighted by Crippen LogP contribution is 2.20. The van der Waals surface area contributed by atoms with Gasteiger partial charge >= 0.3 is 5.69 Å². The van der Waals surface area contributed by atoms with Gasteiger partial charge in [-0.05, 0) is 34.5 Å². The average molecular weight is 381 g/mol. The smallest absolute Gasteiger partial charge is 0.305 e. The summed E-state index contributed by atoms with van der Waals surface area (Å²) in [4.78, 5) is 34.3. The number of nitrogens with two attached hydrogens (primary N) is 1. The van der Waals surface area contributed by atoms with Crippen molar-refractivity contribution in [3.8, 4) is 0 Å². The normalized spacial score (nSPS) is 11.8. The number of hydrogen-bond donors (Lipinski definition) is 2. The molecule has 0 unspecified atom stereocenters. The van der Waals surface area contributed by atoms with Crippen LogP contribution >= 0.6 is 0 Å². The maximum atomic E-state index is 13.5. The van der Waals surface area contributed by atoms with Crippen molar-refractivity contribution >= 4 is 28.3 Å². The minimum absolute atomic E-state index is 0.101. The van der Waals surface area contributed by atoms with Gasteiger partial charge < -0.3 is 11.1 Å². The Balaban J connectivity index is 1.80. The first-order chi connectivity index (χ1) is 13.3. The van der Waals surface area contributed by atoms with Crippen LogP contribution in [0.1, 0.15) is 15.9 Å². The van der Waals surface area contributed by atoms with Crippen molar-refractivity contribution < 1.29 is 18.9 Å². The Kier molecular flexibility index (Phi) is 5.30. The lowest BCUT2D eigenvalue weighted by atomic mass is 10.0. The van der Waals surface area contributed by atoms with Gasteiger partial charge in [0.15, 0.2) is 0 Å². The summed E-state index contributed by atoms with van der Waals surface area (Å²) in [5.41, 5.74) is 5.30. The van der Waals surface area contributed by atoms with Crippen molar-refractivity contribution in [1.29, 1.82) is 0 Å². The van der Waals surface area contributed by atoms with E-state index in [1.807, 2.05) is 24.3 Å². The van der Waals surface area contributed by atoms with E-state index in [-0.39, 0.29) is 6.42 Å². The van der Waals surface area contributed by atoms with E-state index in [2.05, 4.69) is 5.32 Å². The Bertz CT molecular complexity index is 1080. The van der Waals surface area contributed by atoms with Gasteiger partial charge in [-0.1, -0.05) is 36.4 Å². The molecule has 0 bridgehead atoms. The second kappa shape index (κ2) is 7.83. The lowest BCUT2D eigenvalue weighted by Crippen LogP contribution is -2.45. The summed E-state index contributed by atoms with van der Waals surface area (Å²) in [6.45, 7) is 0. The number of fused-ring (bicyclic) bond motifs is 1. The standard InChI is InChI=1S/C20H16FN3O4/c21-16-8-5-12(10-18(16)24(27)28)9-17(19(22)25)23-20(26)15-7-6-13-3-1-2-4-14(13)11-15/h1-8,10-11,17H,9H2,(H2,22,25)(H,23,26)/t17-/m0/s1. The van der Waals surface area contributed by atoms with Gasteiger partial charge in [0.1, 0.15) is 6.04 Å². The molecule has 0 aliphatic carbocycles. The molecule has 28 heavy (non-hydrogen) atoms. The predicted molar refractivity (Wildman–Crippen MR) is 101 cm³/mol. The molecule has 0 spiro atoms. The molecule has 0 aliphatic heterocycles. The third-order valence-corrected chi connectivity index (χ3v) is 4.31. The van der Waals surface area contributed by atoms with E-state index in [1.165, 1.54) is 6.07 Å². The topological polar surface area (TPSA) is 115 Å². The van der Waals surface area contributed by atoms with Crippen molar-refractivity contribution in [2.24, 2.45) is 5.73 Å². The van der Waals surface area contributed by atoms with Crippen LogP contribution in [0.15, 0.2) is 60.7 Å². The Morgan fingerprint density at radius 3 is 2.46 bits per heavy atom.